The number of Topliss-reactive ketones (excluding diaryl/α,β-unsaturated/α-hetero) is 1. The topological polar surface area (TPSA) is 17.1 Å². The molecule has 0 radical (unpaired) electrons. The number of carbonyl (C=O) groups excluding carboxylic acids is 1. The summed E-state index contributed by atoms with van der Waals surface area (Å²) in [5.74, 6) is -0.416. The maximum absolute atomic E-state index is 12.8. The first-order valence-corrected chi connectivity index (χ1v) is 7.09. The van der Waals surface area contributed by atoms with E-state index in [1.807, 2.05) is 0 Å². The van der Waals surface area contributed by atoms with Gasteiger partial charge in [-0.25, -0.2) is 0 Å². The summed E-state index contributed by atoms with van der Waals surface area (Å²) >= 11 is 8.79. The van der Waals surface area contributed by atoms with Crippen LogP contribution in [-0.4, -0.2) is 5.78 Å². The quantitative estimate of drug-likeness (QED) is 0.641. The van der Waals surface area contributed by atoms with E-state index < -0.39 is 17.5 Å². The largest absolute Gasteiger partial charge is 0.417 e. The summed E-state index contributed by atoms with van der Waals surface area (Å²) in [6.45, 7) is 0. The maximum atomic E-state index is 12.8. The third kappa shape index (κ3) is 3.86. The smallest absolute Gasteiger partial charge is 0.294 e. The zero-order chi connectivity index (χ0) is 15.6. The first kappa shape index (κ1) is 16.0. The average Bonchev–Trinajstić information content (AvgIpc) is 2.40. The van der Waals surface area contributed by atoms with Crippen LogP contribution in [-0.2, 0) is 12.6 Å². The summed E-state index contributed by atoms with van der Waals surface area (Å²) in [5, 5.41) is 0.416. The lowest BCUT2D eigenvalue weighted by atomic mass is 10.0. The lowest BCUT2D eigenvalue weighted by Gasteiger charge is -2.11. The van der Waals surface area contributed by atoms with Gasteiger partial charge in [-0.1, -0.05) is 51.8 Å². The normalized spacial score (nSPS) is 11.5. The molecule has 0 aliphatic rings. The number of benzene rings is 2. The van der Waals surface area contributed by atoms with E-state index >= 15 is 0 Å². The van der Waals surface area contributed by atoms with Crippen LogP contribution in [0.2, 0.25) is 5.02 Å². The van der Waals surface area contributed by atoms with Crippen LogP contribution in [0.15, 0.2) is 46.9 Å². The summed E-state index contributed by atoms with van der Waals surface area (Å²) in [4.78, 5) is 12.1. The highest BCUT2D eigenvalue weighted by molar-refractivity contribution is 9.10. The third-order valence-corrected chi connectivity index (χ3v) is 3.96. The van der Waals surface area contributed by atoms with Crippen LogP contribution >= 0.6 is 27.5 Å². The predicted octanol–water partition coefficient (Wildman–Crippen LogP) is 5.55. The molecule has 0 aliphatic heterocycles. The molecule has 0 unspecified atom stereocenters. The molecule has 0 N–H and O–H groups in total. The minimum Gasteiger partial charge on any atom is -0.294 e. The van der Waals surface area contributed by atoms with E-state index in [9.17, 15) is 18.0 Å². The van der Waals surface area contributed by atoms with E-state index in [4.69, 9.17) is 11.6 Å². The third-order valence-electron chi connectivity index (χ3n) is 2.90. The van der Waals surface area contributed by atoms with E-state index in [0.29, 0.717) is 10.6 Å². The monoisotopic (exact) mass is 376 g/mol. The highest BCUT2D eigenvalue weighted by Crippen LogP contribution is 2.35. The molecule has 0 bridgehead atoms. The Labute approximate surface area is 132 Å². The van der Waals surface area contributed by atoms with Crippen molar-refractivity contribution >= 4 is 33.3 Å². The number of rotatable bonds is 3. The average molecular weight is 378 g/mol. The van der Waals surface area contributed by atoms with Gasteiger partial charge in [-0.2, -0.15) is 13.2 Å². The van der Waals surface area contributed by atoms with Crippen molar-refractivity contribution in [2.75, 3.05) is 0 Å². The maximum Gasteiger partial charge on any atom is 0.417 e. The molecule has 110 valence electrons. The van der Waals surface area contributed by atoms with Gasteiger partial charge in [0, 0.05) is 21.5 Å². The van der Waals surface area contributed by atoms with Crippen molar-refractivity contribution in [3.8, 4) is 0 Å². The Morgan fingerprint density at radius 3 is 2.43 bits per heavy atom. The van der Waals surface area contributed by atoms with Crippen molar-refractivity contribution in [3.05, 3.63) is 68.7 Å². The molecule has 0 saturated carbocycles. The molecule has 0 aliphatic carbocycles. The van der Waals surface area contributed by atoms with E-state index in [1.54, 1.807) is 24.3 Å². The molecule has 0 amide bonds. The minimum absolute atomic E-state index is 0.00504. The van der Waals surface area contributed by atoms with Crippen LogP contribution in [0.1, 0.15) is 21.5 Å². The second-order valence-corrected chi connectivity index (χ2v) is 5.65. The van der Waals surface area contributed by atoms with Crippen LogP contribution in [0.4, 0.5) is 13.2 Å². The summed E-state index contributed by atoms with van der Waals surface area (Å²) in [6.07, 6.45) is -4.56. The van der Waals surface area contributed by atoms with Crippen molar-refractivity contribution in [1.82, 2.24) is 0 Å². The summed E-state index contributed by atoms with van der Waals surface area (Å²) in [7, 11) is 0. The molecule has 0 aromatic heterocycles. The number of carbonyl (C=O) groups is 1. The van der Waals surface area contributed by atoms with Crippen LogP contribution in [0.3, 0.4) is 0 Å². The molecule has 21 heavy (non-hydrogen) atoms. The molecular weight excluding hydrogens is 369 g/mol. The SMILES string of the molecule is O=C(Cc1ccccc1Cl)c1ccc(Br)c(C(F)(F)F)c1. The molecule has 0 fully saturated rings. The molecule has 2 aromatic rings. The van der Waals surface area contributed by atoms with Crippen LogP contribution in [0.5, 0.6) is 0 Å². The van der Waals surface area contributed by atoms with Gasteiger partial charge in [-0.05, 0) is 23.8 Å². The van der Waals surface area contributed by atoms with Gasteiger partial charge in [-0.15, -0.1) is 0 Å². The molecule has 2 rings (SSSR count). The molecular formula is C15H9BrClF3O. The first-order chi connectivity index (χ1) is 9.79. The molecule has 6 heteroatoms. The Hall–Kier alpha value is -1.33. The minimum atomic E-state index is -4.51. The lowest BCUT2D eigenvalue weighted by molar-refractivity contribution is -0.138. The van der Waals surface area contributed by atoms with Crippen LogP contribution < -0.4 is 0 Å². The van der Waals surface area contributed by atoms with Crippen molar-refractivity contribution in [2.45, 2.75) is 12.6 Å². The van der Waals surface area contributed by atoms with Gasteiger partial charge in [0.2, 0.25) is 0 Å². The van der Waals surface area contributed by atoms with E-state index in [-0.39, 0.29) is 16.5 Å². The van der Waals surface area contributed by atoms with Gasteiger partial charge in [-0.3, -0.25) is 4.79 Å². The van der Waals surface area contributed by atoms with Crippen molar-refractivity contribution in [1.29, 1.82) is 0 Å². The molecule has 0 spiro atoms. The Kier molecular flexibility index (Phi) is 4.74. The van der Waals surface area contributed by atoms with Gasteiger partial charge in [0.05, 0.1) is 5.56 Å². The fourth-order valence-corrected chi connectivity index (χ4v) is 2.51. The second kappa shape index (κ2) is 6.20. The van der Waals surface area contributed by atoms with Gasteiger partial charge in [0.25, 0.3) is 0 Å². The second-order valence-electron chi connectivity index (χ2n) is 4.38. The molecule has 1 nitrogen and oxygen atoms in total. The van der Waals surface area contributed by atoms with Crippen LogP contribution in [0.25, 0.3) is 0 Å². The van der Waals surface area contributed by atoms with Gasteiger partial charge >= 0.3 is 6.18 Å². The van der Waals surface area contributed by atoms with Crippen molar-refractivity contribution in [3.63, 3.8) is 0 Å². The Morgan fingerprint density at radius 1 is 1.14 bits per heavy atom. The molecule has 0 heterocycles. The summed E-state index contributed by atoms with van der Waals surface area (Å²) < 4.78 is 38.4. The molecule has 0 saturated heterocycles. The summed E-state index contributed by atoms with van der Waals surface area (Å²) in [5.41, 5.74) is -0.279. The lowest BCUT2D eigenvalue weighted by Crippen LogP contribution is -2.10. The highest BCUT2D eigenvalue weighted by Gasteiger charge is 2.33. The zero-order valence-electron chi connectivity index (χ0n) is 10.5. The molecule has 0 atom stereocenters. The predicted molar refractivity (Wildman–Crippen MR) is 78.6 cm³/mol. The van der Waals surface area contributed by atoms with Crippen molar-refractivity contribution < 1.29 is 18.0 Å². The highest BCUT2D eigenvalue weighted by atomic mass is 79.9. The standard InChI is InChI=1S/C15H9BrClF3O/c16-12-6-5-10(7-11(12)15(18,19)20)14(21)8-9-3-1-2-4-13(9)17/h1-7H,8H2. The van der Waals surface area contributed by atoms with Gasteiger partial charge < -0.3 is 0 Å². The van der Waals surface area contributed by atoms with E-state index in [1.165, 1.54) is 12.1 Å². The fourth-order valence-electron chi connectivity index (χ4n) is 1.83. The van der Waals surface area contributed by atoms with E-state index in [0.717, 1.165) is 6.07 Å². The van der Waals surface area contributed by atoms with Crippen LogP contribution in [0, 0.1) is 0 Å². The van der Waals surface area contributed by atoms with Crippen molar-refractivity contribution in [2.24, 2.45) is 0 Å². The zero-order valence-corrected chi connectivity index (χ0v) is 12.9. The first-order valence-electron chi connectivity index (χ1n) is 5.92. The number of alkyl halides is 3. The van der Waals surface area contributed by atoms with E-state index in [2.05, 4.69) is 15.9 Å². The van der Waals surface area contributed by atoms with Gasteiger partial charge in [0.15, 0.2) is 5.78 Å². The number of halogens is 5. The summed E-state index contributed by atoms with van der Waals surface area (Å²) in [6, 6.07) is 10.2. The fraction of sp³-hybridized carbons (Fsp3) is 0.133. The Morgan fingerprint density at radius 2 is 1.81 bits per heavy atom. The Balaban J connectivity index is 2.31. The molecule has 2 aromatic carbocycles. The number of hydrogen-bond acceptors (Lipinski definition) is 1. The van der Waals surface area contributed by atoms with Gasteiger partial charge in [0.1, 0.15) is 0 Å². The number of hydrogen-bond donors (Lipinski definition) is 0. The number of ketones is 1. The Bertz CT molecular complexity index is 683.